The predicted molar refractivity (Wildman–Crippen MR) is 83.7 cm³/mol. The first-order valence-corrected chi connectivity index (χ1v) is 7.95. The van der Waals surface area contributed by atoms with Crippen LogP contribution >= 0.6 is 15.9 Å². The molecule has 1 aromatic heterocycles. The van der Waals surface area contributed by atoms with Gasteiger partial charge in [-0.2, -0.15) is 0 Å². The highest BCUT2D eigenvalue weighted by Gasteiger charge is 2.31. The summed E-state index contributed by atoms with van der Waals surface area (Å²) in [5.41, 5.74) is -0.0246. The third kappa shape index (κ3) is 3.10. The predicted octanol–water partition coefficient (Wildman–Crippen LogP) is 4.30. The third-order valence-corrected chi connectivity index (χ3v) is 4.28. The number of halogens is 1. The summed E-state index contributed by atoms with van der Waals surface area (Å²) < 4.78 is 0.886. The van der Waals surface area contributed by atoms with Crippen LogP contribution < -0.4 is 4.90 Å². The number of hydrogen-bond acceptors (Lipinski definition) is 3. The van der Waals surface area contributed by atoms with Gasteiger partial charge in [-0.05, 0) is 42.1 Å². The van der Waals surface area contributed by atoms with Crippen molar-refractivity contribution in [2.75, 3.05) is 4.90 Å². The quantitative estimate of drug-likeness (QED) is 0.759. The van der Waals surface area contributed by atoms with Crippen molar-refractivity contribution in [3.63, 3.8) is 0 Å². The Bertz CT molecular complexity index is 453. The van der Waals surface area contributed by atoms with Crippen molar-refractivity contribution in [1.82, 2.24) is 9.97 Å². The van der Waals surface area contributed by atoms with E-state index in [1.165, 1.54) is 19.3 Å². The first-order chi connectivity index (χ1) is 8.82. The van der Waals surface area contributed by atoms with Gasteiger partial charge in [0.15, 0.2) is 0 Å². The Morgan fingerprint density at radius 3 is 2.58 bits per heavy atom. The van der Waals surface area contributed by atoms with Crippen LogP contribution in [0.3, 0.4) is 0 Å². The average molecular weight is 326 g/mol. The van der Waals surface area contributed by atoms with Gasteiger partial charge in [-0.3, -0.25) is 0 Å². The molecule has 0 aliphatic carbocycles. The van der Waals surface area contributed by atoms with E-state index in [2.05, 4.69) is 66.5 Å². The molecule has 0 bridgehead atoms. The molecule has 2 rings (SSSR count). The van der Waals surface area contributed by atoms with Crippen molar-refractivity contribution in [3.8, 4) is 0 Å². The van der Waals surface area contributed by atoms with E-state index in [-0.39, 0.29) is 5.41 Å². The Balaban J connectivity index is 2.42. The first kappa shape index (κ1) is 14.8. The van der Waals surface area contributed by atoms with Crippen molar-refractivity contribution in [2.24, 2.45) is 0 Å². The van der Waals surface area contributed by atoms with Crippen LogP contribution in [-0.4, -0.2) is 22.1 Å². The molecule has 19 heavy (non-hydrogen) atoms. The second-order valence-electron chi connectivity index (χ2n) is 6.52. The van der Waals surface area contributed by atoms with E-state index in [1.54, 1.807) is 0 Å². The van der Waals surface area contributed by atoms with Crippen LogP contribution in [-0.2, 0) is 5.41 Å². The molecular formula is C15H24BrN3. The number of anilines is 1. The minimum absolute atomic E-state index is 0.0246. The number of aromatic nitrogens is 2. The van der Waals surface area contributed by atoms with Crippen LogP contribution in [0.15, 0.2) is 10.7 Å². The molecule has 0 amide bonds. The van der Waals surface area contributed by atoms with Crippen LogP contribution in [0.2, 0.25) is 0 Å². The summed E-state index contributed by atoms with van der Waals surface area (Å²) in [5.74, 6) is 1.98. The lowest BCUT2D eigenvalue weighted by Crippen LogP contribution is -2.35. The Morgan fingerprint density at radius 1 is 1.32 bits per heavy atom. The molecule has 1 aliphatic heterocycles. The molecule has 0 spiro atoms. The molecule has 2 unspecified atom stereocenters. The topological polar surface area (TPSA) is 29.0 Å². The molecule has 1 aromatic rings. The minimum atomic E-state index is -0.0246. The SMILES string of the molecule is CCC1CCC(C)N1c1cc(Br)nc(C(C)(C)C)n1. The lowest BCUT2D eigenvalue weighted by Gasteiger charge is -2.30. The highest BCUT2D eigenvalue weighted by atomic mass is 79.9. The minimum Gasteiger partial charge on any atom is -0.351 e. The van der Waals surface area contributed by atoms with Gasteiger partial charge in [-0.1, -0.05) is 27.7 Å². The summed E-state index contributed by atoms with van der Waals surface area (Å²) in [6, 6.07) is 3.24. The second-order valence-corrected chi connectivity index (χ2v) is 7.33. The van der Waals surface area contributed by atoms with Crippen molar-refractivity contribution in [1.29, 1.82) is 0 Å². The van der Waals surface area contributed by atoms with Crippen molar-refractivity contribution >= 4 is 21.7 Å². The second kappa shape index (κ2) is 5.39. The Hall–Kier alpha value is -0.640. The standard InChI is InChI=1S/C15H24BrN3/c1-6-11-8-7-10(2)19(11)13-9-12(16)17-14(18-13)15(3,4)5/h9-11H,6-8H2,1-5H3. The molecular weight excluding hydrogens is 302 g/mol. The van der Waals surface area contributed by atoms with Gasteiger partial charge in [0.05, 0.1) is 0 Å². The van der Waals surface area contributed by atoms with Crippen LogP contribution in [0.4, 0.5) is 5.82 Å². The molecule has 1 fully saturated rings. The highest BCUT2D eigenvalue weighted by molar-refractivity contribution is 9.10. The highest BCUT2D eigenvalue weighted by Crippen LogP contribution is 2.33. The fraction of sp³-hybridized carbons (Fsp3) is 0.733. The molecule has 2 atom stereocenters. The summed E-state index contributed by atoms with van der Waals surface area (Å²) in [7, 11) is 0. The largest absolute Gasteiger partial charge is 0.351 e. The monoisotopic (exact) mass is 325 g/mol. The first-order valence-electron chi connectivity index (χ1n) is 7.16. The zero-order valence-corrected chi connectivity index (χ0v) is 14.2. The van der Waals surface area contributed by atoms with E-state index < -0.39 is 0 Å². The summed E-state index contributed by atoms with van der Waals surface area (Å²) in [6.45, 7) is 11.0. The summed E-state index contributed by atoms with van der Waals surface area (Å²) in [5, 5.41) is 0. The molecule has 0 aromatic carbocycles. The Kier molecular flexibility index (Phi) is 4.19. The van der Waals surface area contributed by atoms with Gasteiger partial charge in [0.2, 0.25) is 0 Å². The maximum atomic E-state index is 4.82. The molecule has 2 heterocycles. The molecule has 106 valence electrons. The number of nitrogens with zero attached hydrogens (tertiary/aromatic N) is 3. The van der Waals surface area contributed by atoms with Gasteiger partial charge in [-0.25, -0.2) is 9.97 Å². The van der Waals surface area contributed by atoms with Gasteiger partial charge in [0, 0.05) is 23.6 Å². The maximum absolute atomic E-state index is 4.82. The fourth-order valence-electron chi connectivity index (χ4n) is 2.76. The normalized spacial score (nSPS) is 24.0. The summed E-state index contributed by atoms with van der Waals surface area (Å²) in [6.07, 6.45) is 3.70. The van der Waals surface area contributed by atoms with E-state index in [4.69, 9.17) is 4.98 Å². The number of hydrogen-bond donors (Lipinski definition) is 0. The smallest absolute Gasteiger partial charge is 0.137 e. The van der Waals surface area contributed by atoms with Gasteiger partial charge >= 0.3 is 0 Å². The van der Waals surface area contributed by atoms with Gasteiger partial charge in [0.25, 0.3) is 0 Å². The van der Waals surface area contributed by atoms with Gasteiger partial charge < -0.3 is 4.90 Å². The summed E-state index contributed by atoms with van der Waals surface area (Å²) in [4.78, 5) is 11.8. The number of rotatable bonds is 2. The lowest BCUT2D eigenvalue weighted by molar-refractivity contribution is 0.537. The van der Waals surface area contributed by atoms with Gasteiger partial charge in [0.1, 0.15) is 16.2 Å². The van der Waals surface area contributed by atoms with Crippen LogP contribution in [0.25, 0.3) is 0 Å². The summed E-state index contributed by atoms with van der Waals surface area (Å²) >= 11 is 3.54. The van der Waals surface area contributed by atoms with E-state index in [9.17, 15) is 0 Å². The van der Waals surface area contributed by atoms with E-state index >= 15 is 0 Å². The molecule has 3 nitrogen and oxygen atoms in total. The van der Waals surface area contributed by atoms with Crippen molar-refractivity contribution < 1.29 is 0 Å². The average Bonchev–Trinajstić information content (AvgIpc) is 2.68. The lowest BCUT2D eigenvalue weighted by atomic mass is 9.96. The zero-order chi connectivity index (χ0) is 14.2. The molecule has 0 radical (unpaired) electrons. The fourth-order valence-corrected chi connectivity index (χ4v) is 3.13. The van der Waals surface area contributed by atoms with Crippen LogP contribution in [0.5, 0.6) is 0 Å². The zero-order valence-electron chi connectivity index (χ0n) is 12.6. The van der Waals surface area contributed by atoms with Crippen LogP contribution in [0.1, 0.15) is 59.7 Å². The Morgan fingerprint density at radius 2 is 2.00 bits per heavy atom. The van der Waals surface area contributed by atoms with Crippen molar-refractivity contribution in [3.05, 3.63) is 16.5 Å². The molecule has 0 N–H and O–H groups in total. The van der Waals surface area contributed by atoms with Crippen molar-refractivity contribution in [2.45, 2.75) is 71.4 Å². The van der Waals surface area contributed by atoms with E-state index in [0.29, 0.717) is 12.1 Å². The van der Waals surface area contributed by atoms with E-state index in [1.807, 2.05) is 0 Å². The molecule has 1 saturated heterocycles. The third-order valence-electron chi connectivity index (χ3n) is 3.87. The molecule has 0 saturated carbocycles. The maximum Gasteiger partial charge on any atom is 0.137 e. The molecule has 4 heteroatoms. The van der Waals surface area contributed by atoms with Gasteiger partial charge in [-0.15, -0.1) is 0 Å². The Labute approximate surface area is 125 Å². The van der Waals surface area contributed by atoms with E-state index in [0.717, 1.165) is 16.2 Å². The van der Waals surface area contributed by atoms with Crippen LogP contribution in [0, 0.1) is 0 Å². The molecule has 1 aliphatic rings.